The Labute approximate surface area is 101 Å². The highest BCUT2D eigenvalue weighted by atomic mass is 16.3. The second-order valence-corrected chi connectivity index (χ2v) is 4.07. The molecule has 0 aliphatic carbocycles. The van der Waals surface area contributed by atoms with Gasteiger partial charge < -0.3 is 9.73 Å². The molecule has 2 heterocycles. The third kappa shape index (κ3) is 2.53. The highest BCUT2D eigenvalue weighted by Gasteiger charge is 2.17. The lowest BCUT2D eigenvalue weighted by molar-refractivity contribution is 0.551. The maximum atomic E-state index is 5.16. The first kappa shape index (κ1) is 11.8. The van der Waals surface area contributed by atoms with Gasteiger partial charge in [-0.2, -0.15) is 10.2 Å². The van der Waals surface area contributed by atoms with E-state index in [2.05, 4.69) is 28.5 Å². The average Bonchev–Trinajstić information content (AvgIpc) is 2.83. The number of aryl methyl sites for hydroxylation is 2. The van der Waals surface area contributed by atoms with Crippen molar-refractivity contribution in [2.24, 2.45) is 0 Å². The number of hydrogen-bond acceptors (Lipinski definition) is 4. The zero-order valence-electron chi connectivity index (χ0n) is 10.4. The molecule has 4 heteroatoms. The van der Waals surface area contributed by atoms with E-state index in [0.717, 1.165) is 29.1 Å². The summed E-state index contributed by atoms with van der Waals surface area (Å²) >= 11 is 0. The van der Waals surface area contributed by atoms with Gasteiger partial charge in [-0.1, -0.05) is 6.92 Å². The summed E-state index contributed by atoms with van der Waals surface area (Å²) in [4.78, 5) is 0. The summed E-state index contributed by atoms with van der Waals surface area (Å²) in [5, 5.41) is 11.7. The molecule has 0 aliphatic heterocycles. The van der Waals surface area contributed by atoms with Crippen LogP contribution in [-0.4, -0.2) is 16.7 Å². The van der Waals surface area contributed by atoms with Crippen LogP contribution < -0.4 is 5.32 Å². The van der Waals surface area contributed by atoms with E-state index >= 15 is 0 Å². The molecule has 1 atom stereocenters. The van der Waals surface area contributed by atoms with Crippen molar-refractivity contribution in [3.63, 3.8) is 0 Å². The molecule has 2 rings (SSSR count). The molecular weight excluding hydrogens is 214 g/mol. The molecule has 0 saturated carbocycles. The summed E-state index contributed by atoms with van der Waals surface area (Å²) in [6.45, 7) is 6.90. The van der Waals surface area contributed by atoms with Crippen molar-refractivity contribution >= 4 is 0 Å². The van der Waals surface area contributed by atoms with Crippen LogP contribution in [0.2, 0.25) is 0 Å². The van der Waals surface area contributed by atoms with E-state index in [0.29, 0.717) is 0 Å². The monoisotopic (exact) mass is 231 g/mol. The molecule has 0 radical (unpaired) electrons. The van der Waals surface area contributed by atoms with Crippen LogP contribution in [0.5, 0.6) is 0 Å². The molecule has 1 unspecified atom stereocenters. The summed E-state index contributed by atoms with van der Waals surface area (Å²) in [5.74, 6) is 0. The van der Waals surface area contributed by atoms with Gasteiger partial charge in [-0.05, 0) is 38.1 Å². The van der Waals surface area contributed by atoms with E-state index in [1.165, 1.54) is 0 Å². The molecule has 17 heavy (non-hydrogen) atoms. The van der Waals surface area contributed by atoms with Gasteiger partial charge in [0.1, 0.15) is 0 Å². The fourth-order valence-corrected chi connectivity index (χ4v) is 1.91. The highest BCUT2D eigenvalue weighted by molar-refractivity contribution is 5.32. The molecule has 2 aromatic heterocycles. The predicted molar refractivity (Wildman–Crippen MR) is 65.7 cm³/mol. The minimum absolute atomic E-state index is 0.118. The Morgan fingerprint density at radius 3 is 2.82 bits per heavy atom. The van der Waals surface area contributed by atoms with Crippen LogP contribution in [0.3, 0.4) is 0 Å². The van der Waals surface area contributed by atoms with Crippen LogP contribution in [-0.2, 0) is 0 Å². The van der Waals surface area contributed by atoms with E-state index in [4.69, 9.17) is 4.42 Å². The normalized spacial score (nSPS) is 12.6. The molecular formula is C13H17N3O. The summed E-state index contributed by atoms with van der Waals surface area (Å²) in [6, 6.07) is 4.17. The second kappa shape index (κ2) is 5.10. The van der Waals surface area contributed by atoms with Crippen molar-refractivity contribution < 1.29 is 4.42 Å². The fraction of sp³-hybridized carbons (Fsp3) is 0.385. The molecule has 2 aromatic rings. The maximum Gasteiger partial charge on any atom is 0.0953 e. The molecule has 0 aromatic carbocycles. The third-order valence-corrected chi connectivity index (χ3v) is 2.74. The maximum absolute atomic E-state index is 5.16. The molecule has 0 spiro atoms. The molecule has 1 N–H and O–H groups in total. The Morgan fingerprint density at radius 2 is 2.18 bits per heavy atom. The van der Waals surface area contributed by atoms with E-state index in [1.54, 1.807) is 12.5 Å². The Balaban J connectivity index is 2.42. The van der Waals surface area contributed by atoms with Crippen LogP contribution in [0.15, 0.2) is 29.1 Å². The zero-order valence-corrected chi connectivity index (χ0v) is 10.4. The molecule has 90 valence electrons. The van der Waals surface area contributed by atoms with Crippen molar-refractivity contribution in [1.29, 1.82) is 0 Å². The van der Waals surface area contributed by atoms with Gasteiger partial charge in [0.05, 0.1) is 30.0 Å². The highest BCUT2D eigenvalue weighted by Crippen LogP contribution is 2.24. The lowest BCUT2D eigenvalue weighted by atomic mass is 10.00. The van der Waals surface area contributed by atoms with E-state index in [9.17, 15) is 0 Å². The molecule has 0 saturated heterocycles. The number of furan rings is 1. The zero-order chi connectivity index (χ0) is 12.3. The first-order valence-electron chi connectivity index (χ1n) is 5.78. The van der Waals surface area contributed by atoms with Crippen LogP contribution in [0.1, 0.15) is 35.5 Å². The summed E-state index contributed by atoms with van der Waals surface area (Å²) in [5.41, 5.74) is 4.14. The number of nitrogens with one attached hydrogen (secondary N) is 1. The summed E-state index contributed by atoms with van der Waals surface area (Å²) in [7, 11) is 0. The van der Waals surface area contributed by atoms with Crippen LogP contribution in [0.25, 0.3) is 0 Å². The van der Waals surface area contributed by atoms with Gasteiger partial charge in [0.25, 0.3) is 0 Å². The van der Waals surface area contributed by atoms with Crippen molar-refractivity contribution in [3.8, 4) is 0 Å². The lowest BCUT2D eigenvalue weighted by Gasteiger charge is -2.18. The number of aromatic nitrogens is 2. The minimum Gasteiger partial charge on any atom is -0.472 e. The lowest BCUT2D eigenvalue weighted by Crippen LogP contribution is -2.23. The quantitative estimate of drug-likeness (QED) is 0.877. The van der Waals surface area contributed by atoms with Crippen LogP contribution >= 0.6 is 0 Å². The van der Waals surface area contributed by atoms with Crippen molar-refractivity contribution in [1.82, 2.24) is 15.5 Å². The number of nitrogens with zero attached hydrogens (tertiary/aromatic N) is 2. The Bertz CT molecular complexity index is 479. The molecule has 0 fully saturated rings. The largest absolute Gasteiger partial charge is 0.472 e. The SMILES string of the molecule is CCNC(c1ccoc1)c1cc(C)nnc1C. The van der Waals surface area contributed by atoms with E-state index < -0.39 is 0 Å². The van der Waals surface area contributed by atoms with Gasteiger partial charge in [-0.25, -0.2) is 0 Å². The van der Waals surface area contributed by atoms with Gasteiger partial charge in [0, 0.05) is 5.56 Å². The van der Waals surface area contributed by atoms with Gasteiger partial charge in [-0.15, -0.1) is 0 Å². The molecule has 0 amide bonds. The van der Waals surface area contributed by atoms with E-state index in [1.807, 2.05) is 19.9 Å². The van der Waals surface area contributed by atoms with Crippen molar-refractivity contribution in [2.75, 3.05) is 6.54 Å². The van der Waals surface area contributed by atoms with Gasteiger partial charge in [0.2, 0.25) is 0 Å². The van der Waals surface area contributed by atoms with Crippen LogP contribution in [0, 0.1) is 13.8 Å². The van der Waals surface area contributed by atoms with Gasteiger partial charge >= 0.3 is 0 Å². The third-order valence-electron chi connectivity index (χ3n) is 2.74. The fourth-order valence-electron chi connectivity index (χ4n) is 1.91. The standard InChI is InChI=1S/C13H17N3O/c1-4-14-13(11-5-6-17-8-11)12-7-9(2)15-16-10(12)3/h5-8,13-14H,4H2,1-3H3. The Morgan fingerprint density at radius 1 is 1.35 bits per heavy atom. The topological polar surface area (TPSA) is 51.0 Å². The predicted octanol–water partition coefficient (Wildman–Crippen LogP) is 2.39. The van der Waals surface area contributed by atoms with Crippen molar-refractivity contribution in [3.05, 3.63) is 47.2 Å². The average molecular weight is 231 g/mol. The first-order chi connectivity index (χ1) is 8.22. The van der Waals surface area contributed by atoms with Crippen LogP contribution in [0.4, 0.5) is 0 Å². The summed E-state index contributed by atoms with van der Waals surface area (Å²) < 4.78 is 5.16. The second-order valence-electron chi connectivity index (χ2n) is 4.07. The Hall–Kier alpha value is -1.68. The smallest absolute Gasteiger partial charge is 0.0953 e. The number of hydrogen-bond donors (Lipinski definition) is 1. The van der Waals surface area contributed by atoms with Gasteiger partial charge in [-0.3, -0.25) is 0 Å². The molecule has 0 bridgehead atoms. The minimum atomic E-state index is 0.118. The van der Waals surface area contributed by atoms with Crippen molar-refractivity contribution in [2.45, 2.75) is 26.8 Å². The molecule has 0 aliphatic rings. The summed E-state index contributed by atoms with van der Waals surface area (Å²) in [6.07, 6.45) is 3.46. The first-order valence-corrected chi connectivity index (χ1v) is 5.78. The number of rotatable bonds is 4. The Kier molecular flexibility index (Phi) is 3.54. The van der Waals surface area contributed by atoms with Gasteiger partial charge in [0.15, 0.2) is 0 Å². The molecule has 4 nitrogen and oxygen atoms in total. The van der Waals surface area contributed by atoms with E-state index in [-0.39, 0.29) is 6.04 Å².